The monoisotopic (exact) mass is 852 g/mol. The van der Waals surface area contributed by atoms with Gasteiger partial charge in [0.25, 0.3) is 0 Å². The molecule has 0 bridgehead atoms. The Kier molecular flexibility index (Phi) is 11.3. The van der Waals surface area contributed by atoms with Crippen LogP contribution in [0.4, 0.5) is 34.1 Å². The zero-order valence-electron chi connectivity index (χ0n) is 27.0. The molecule has 0 aromatic heterocycles. The molecule has 2 atom stereocenters. The van der Waals surface area contributed by atoms with E-state index in [1.165, 1.54) is 71.9 Å². The van der Waals surface area contributed by atoms with Gasteiger partial charge in [-0.1, -0.05) is 23.7 Å². The van der Waals surface area contributed by atoms with Gasteiger partial charge in [0.15, 0.2) is 17.4 Å². The molecule has 0 saturated heterocycles. The molecule has 3 aromatic carbocycles. The summed E-state index contributed by atoms with van der Waals surface area (Å²) in [5.74, 6) is -5.97. The number of halogens is 7. The number of Topliss-reactive ketones (excluding diaryl/α,β-unsaturated/α-hetero) is 1. The SMILES string of the molecule is CC(C)(C)OC(=O)N(C(=O)OC(C)(C)C)c1c(F)ccc(CC(=O)c2cc(NC(=O)C3C(c4ccc(F)c(I)c4)C3(Cl)Cl)ccc2Cl)c1F. The van der Waals surface area contributed by atoms with Gasteiger partial charge in [0.05, 0.1) is 10.9 Å². The normalized spacial score (nSPS) is 16.8. The van der Waals surface area contributed by atoms with Crippen LogP contribution in [0.15, 0.2) is 48.5 Å². The van der Waals surface area contributed by atoms with Crippen LogP contribution in [0, 0.1) is 26.9 Å². The van der Waals surface area contributed by atoms with Crippen molar-refractivity contribution in [3.05, 3.63) is 91.3 Å². The third-order valence-electron chi connectivity index (χ3n) is 7.05. The van der Waals surface area contributed by atoms with Crippen LogP contribution < -0.4 is 10.2 Å². The Morgan fingerprint density at radius 3 is 2.00 bits per heavy atom. The number of hydrogen-bond donors (Lipinski definition) is 1. The number of anilines is 2. The van der Waals surface area contributed by atoms with Crippen LogP contribution in [-0.2, 0) is 20.7 Å². The van der Waals surface area contributed by atoms with E-state index >= 15 is 8.78 Å². The predicted molar refractivity (Wildman–Crippen MR) is 189 cm³/mol. The summed E-state index contributed by atoms with van der Waals surface area (Å²) in [5.41, 5.74) is -3.18. The molecule has 1 saturated carbocycles. The maximum Gasteiger partial charge on any atom is 0.424 e. The van der Waals surface area contributed by atoms with E-state index in [-0.39, 0.29) is 26.7 Å². The molecule has 1 fully saturated rings. The van der Waals surface area contributed by atoms with Crippen molar-refractivity contribution in [3.8, 4) is 0 Å². The first-order valence-electron chi connectivity index (χ1n) is 14.7. The highest BCUT2D eigenvalue weighted by Crippen LogP contribution is 2.65. The molecule has 8 nitrogen and oxygen atoms in total. The zero-order valence-corrected chi connectivity index (χ0v) is 31.4. The lowest BCUT2D eigenvalue weighted by molar-refractivity contribution is -0.117. The van der Waals surface area contributed by atoms with Gasteiger partial charge in [-0.3, -0.25) is 9.59 Å². The fourth-order valence-corrected chi connectivity index (χ4v) is 6.47. The lowest BCUT2D eigenvalue weighted by Gasteiger charge is -2.29. The first kappa shape index (κ1) is 38.7. The summed E-state index contributed by atoms with van der Waals surface area (Å²) < 4.78 is 54.3. The summed E-state index contributed by atoms with van der Waals surface area (Å²) in [6, 6.07) is 10.1. The molecule has 3 amide bonds. The van der Waals surface area contributed by atoms with Crippen molar-refractivity contribution in [3.63, 3.8) is 0 Å². The predicted octanol–water partition coefficient (Wildman–Crippen LogP) is 9.99. The number of carbonyl (C=O) groups excluding carboxylic acids is 4. The fourth-order valence-electron chi connectivity index (χ4n) is 4.87. The summed E-state index contributed by atoms with van der Waals surface area (Å²) in [7, 11) is 0. The van der Waals surface area contributed by atoms with Crippen LogP contribution in [0.2, 0.25) is 5.02 Å². The quantitative estimate of drug-likeness (QED) is 0.144. The molecule has 1 N–H and O–H groups in total. The van der Waals surface area contributed by atoms with Crippen LogP contribution >= 0.6 is 57.4 Å². The van der Waals surface area contributed by atoms with Gasteiger partial charge in [0.2, 0.25) is 5.91 Å². The van der Waals surface area contributed by atoms with E-state index in [0.717, 1.165) is 12.1 Å². The summed E-state index contributed by atoms with van der Waals surface area (Å²) in [6.45, 7) is 8.98. The number of ketones is 1. The molecular weight excluding hydrogens is 823 g/mol. The maximum atomic E-state index is 16.0. The van der Waals surface area contributed by atoms with Gasteiger partial charge in [-0.2, -0.15) is 4.90 Å². The second-order valence-electron chi connectivity index (χ2n) is 13.3. The van der Waals surface area contributed by atoms with Crippen molar-refractivity contribution in [1.29, 1.82) is 0 Å². The molecule has 0 heterocycles. The Balaban J connectivity index is 1.60. The first-order valence-corrected chi connectivity index (χ1v) is 16.9. The van der Waals surface area contributed by atoms with Crippen molar-refractivity contribution < 1.29 is 41.8 Å². The summed E-state index contributed by atoms with van der Waals surface area (Å²) in [6.07, 6.45) is -3.49. The first-order chi connectivity index (χ1) is 22.5. The number of hydrogen-bond acceptors (Lipinski definition) is 6. The molecule has 262 valence electrons. The Hall–Kier alpha value is -3.07. The van der Waals surface area contributed by atoms with Crippen molar-refractivity contribution in [2.45, 2.75) is 69.4 Å². The van der Waals surface area contributed by atoms with Crippen LogP contribution in [0.3, 0.4) is 0 Å². The largest absolute Gasteiger partial charge is 0.443 e. The lowest BCUT2D eigenvalue weighted by atomic mass is 10.0. The Labute approximate surface area is 309 Å². The van der Waals surface area contributed by atoms with E-state index < -0.39 is 80.8 Å². The zero-order chi connectivity index (χ0) is 36.8. The lowest BCUT2D eigenvalue weighted by Crippen LogP contribution is -2.44. The highest BCUT2D eigenvalue weighted by Gasteiger charge is 2.67. The Bertz CT molecular complexity index is 1820. The van der Waals surface area contributed by atoms with Gasteiger partial charge >= 0.3 is 12.2 Å². The standard InChI is InChI=1S/C34H31Cl3F3IN2O6/c1-32(2,3)48-30(46)43(31(47)49-33(4,5)6)28-22(39)12-8-17(27(28)40)14-24(44)19-15-18(9-10-20(19)35)42-29(45)26-25(34(26,36)37)16-7-11-21(38)23(41)13-16/h7-13,15,25-26H,14H2,1-6H3,(H,42,45). The smallest absolute Gasteiger partial charge is 0.424 e. The number of nitrogens with zero attached hydrogens (tertiary/aromatic N) is 1. The maximum absolute atomic E-state index is 16.0. The topological polar surface area (TPSA) is 102 Å². The highest BCUT2D eigenvalue weighted by atomic mass is 127. The van der Waals surface area contributed by atoms with Crippen LogP contribution in [0.1, 0.15) is 68.9 Å². The molecule has 3 aromatic rings. The Morgan fingerprint density at radius 2 is 1.45 bits per heavy atom. The number of alkyl halides is 2. The van der Waals surface area contributed by atoms with Gasteiger partial charge in [0, 0.05) is 27.2 Å². The molecule has 1 aliphatic carbocycles. The second-order valence-corrected chi connectivity index (χ2v) is 16.3. The third-order valence-corrected chi connectivity index (χ3v) is 9.14. The van der Waals surface area contributed by atoms with Crippen molar-refractivity contribution in [1.82, 2.24) is 0 Å². The average molecular weight is 854 g/mol. The van der Waals surface area contributed by atoms with Gasteiger partial charge in [-0.15, -0.1) is 23.2 Å². The van der Waals surface area contributed by atoms with Crippen molar-refractivity contribution >= 4 is 92.6 Å². The number of ether oxygens (including phenoxy) is 2. The molecule has 0 aliphatic heterocycles. The Morgan fingerprint density at radius 1 is 0.878 bits per heavy atom. The molecule has 15 heteroatoms. The minimum atomic E-state index is -1.47. The number of rotatable bonds is 7. The van der Waals surface area contributed by atoms with Crippen molar-refractivity contribution in [2.24, 2.45) is 5.92 Å². The number of imide groups is 1. The molecule has 49 heavy (non-hydrogen) atoms. The van der Waals surface area contributed by atoms with E-state index in [1.807, 2.05) is 22.6 Å². The van der Waals surface area contributed by atoms with Crippen LogP contribution in [0.25, 0.3) is 0 Å². The van der Waals surface area contributed by atoms with E-state index in [1.54, 1.807) is 6.07 Å². The molecule has 4 rings (SSSR count). The van der Waals surface area contributed by atoms with Gasteiger partial charge in [0.1, 0.15) is 27.0 Å². The fraction of sp³-hybridized carbons (Fsp3) is 0.353. The molecular formula is C34H31Cl3F3IN2O6. The second kappa shape index (κ2) is 14.3. The average Bonchev–Trinajstić information content (AvgIpc) is 3.54. The highest BCUT2D eigenvalue weighted by molar-refractivity contribution is 14.1. The minimum absolute atomic E-state index is 0.0379. The van der Waals surface area contributed by atoms with Crippen LogP contribution in [0.5, 0.6) is 0 Å². The van der Waals surface area contributed by atoms with Crippen LogP contribution in [-0.4, -0.2) is 39.4 Å². The van der Waals surface area contributed by atoms with E-state index in [2.05, 4.69) is 5.32 Å². The number of carbonyl (C=O) groups is 4. The van der Waals surface area contributed by atoms with E-state index in [0.29, 0.717) is 9.13 Å². The molecule has 0 spiro atoms. The van der Waals surface area contributed by atoms with Gasteiger partial charge < -0.3 is 14.8 Å². The number of benzene rings is 3. The number of nitrogens with one attached hydrogen (secondary N) is 1. The minimum Gasteiger partial charge on any atom is -0.443 e. The molecule has 0 radical (unpaired) electrons. The molecule has 2 unspecified atom stereocenters. The summed E-state index contributed by atoms with van der Waals surface area (Å²) in [5, 5.41) is 2.61. The summed E-state index contributed by atoms with van der Waals surface area (Å²) in [4.78, 5) is 52.9. The molecule has 1 aliphatic rings. The summed E-state index contributed by atoms with van der Waals surface area (Å²) >= 11 is 21.0. The number of amides is 3. The third kappa shape index (κ3) is 9.00. The van der Waals surface area contributed by atoms with E-state index in [9.17, 15) is 23.6 Å². The van der Waals surface area contributed by atoms with Gasteiger partial charge in [-0.25, -0.2) is 22.8 Å². The van der Waals surface area contributed by atoms with Gasteiger partial charge in [-0.05, 0) is 112 Å². The van der Waals surface area contributed by atoms with Crippen molar-refractivity contribution in [2.75, 3.05) is 10.2 Å². The van der Waals surface area contributed by atoms with E-state index in [4.69, 9.17) is 44.3 Å².